The van der Waals surface area contributed by atoms with E-state index in [-0.39, 0.29) is 0 Å². The lowest BCUT2D eigenvalue weighted by atomic mass is 10.2. The van der Waals surface area contributed by atoms with Gasteiger partial charge in [0.15, 0.2) is 0 Å². The minimum atomic E-state index is 0.834. The van der Waals surface area contributed by atoms with Crippen molar-refractivity contribution in [2.45, 2.75) is 26.2 Å². The minimum absolute atomic E-state index is 0.834. The molecule has 0 saturated carbocycles. The molecular formula is C20H22N6. The van der Waals surface area contributed by atoms with Gasteiger partial charge in [-0.1, -0.05) is 6.07 Å². The van der Waals surface area contributed by atoms with Gasteiger partial charge < -0.3 is 19.6 Å². The van der Waals surface area contributed by atoms with Crippen LogP contribution in [-0.2, 0) is 26.2 Å². The van der Waals surface area contributed by atoms with Crippen molar-refractivity contribution in [3.05, 3.63) is 84.0 Å². The number of hydrogen-bond donors (Lipinski definition) is 0. The standard InChI is InChI=1S/C20H22N6/c1-2-19-13-25-6-4-23(15-25)11-17-8-18(10-21-9-17)12-24-5-7-26(16-24)14-20(3-1)22-19/h1-10H,11-16H2. The van der Waals surface area contributed by atoms with Gasteiger partial charge in [-0.15, -0.1) is 0 Å². The topological polar surface area (TPSA) is 38.7 Å². The summed E-state index contributed by atoms with van der Waals surface area (Å²) in [5, 5.41) is 0. The van der Waals surface area contributed by atoms with Gasteiger partial charge in [-0.05, 0) is 29.3 Å². The molecule has 5 heterocycles. The molecule has 0 unspecified atom stereocenters. The summed E-state index contributed by atoms with van der Waals surface area (Å²) in [6, 6.07) is 8.62. The van der Waals surface area contributed by atoms with Gasteiger partial charge in [-0.3, -0.25) is 9.97 Å². The van der Waals surface area contributed by atoms with Crippen LogP contribution in [0.4, 0.5) is 0 Å². The van der Waals surface area contributed by atoms with Crippen LogP contribution in [-0.4, -0.2) is 42.9 Å². The molecule has 0 aliphatic carbocycles. The van der Waals surface area contributed by atoms with Crippen LogP contribution in [0.25, 0.3) is 0 Å². The molecule has 0 saturated heterocycles. The second-order valence-electron chi connectivity index (χ2n) is 7.19. The van der Waals surface area contributed by atoms with Crippen molar-refractivity contribution < 1.29 is 0 Å². The zero-order valence-corrected chi connectivity index (χ0v) is 14.7. The Bertz CT molecular complexity index is 731. The van der Waals surface area contributed by atoms with Crippen molar-refractivity contribution in [2.24, 2.45) is 0 Å². The third kappa shape index (κ3) is 3.22. The molecule has 6 heteroatoms. The highest BCUT2D eigenvalue weighted by Crippen LogP contribution is 2.18. The van der Waals surface area contributed by atoms with E-state index in [1.807, 2.05) is 12.4 Å². The summed E-state index contributed by atoms with van der Waals surface area (Å²) < 4.78 is 0. The lowest BCUT2D eigenvalue weighted by molar-refractivity contribution is 0.246. The largest absolute Gasteiger partial charge is 0.354 e. The van der Waals surface area contributed by atoms with Gasteiger partial charge in [-0.2, -0.15) is 0 Å². The number of nitrogens with zero attached hydrogens (tertiary/aromatic N) is 6. The van der Waals surface area contributed by atoms with Crippen molar-refractivity contribution in [1.29, 1.82) is 0 Å². The molecule has 0 amide bonds. The maximum Gasteiger partial charge on any atom is 0.0901 e. The van der Waals surface area contributed by atoms with Crippen LogP contribution in [0.3, 0.4) is 0 Å². The highest BCUT2D eigenvalue weighted by atomic mass is 15.3. The monoisotopic (exact) mass is 346 g/mol. The molecule has 0 spiro atoms. The molecule has 3 aliphatic heterocycles. The van der Waals surface area contributed by atoms with E-state index in [0.717, 1.165) is 50.9 Å². The van der Waals surface area contributed by atoms with E-state index >= 15 is 0 Å². The van der Waals surface area contributed by atoms with E-state index in [9.17, 15) is 0 Å². The molecule has 3 aliphatic rings. The summed E-state index contributed by atoms with van der Waals surface area (Å²) in [5.41, 5.74) is 4.73. The molecule has 132 valence electrons. The SMILES string of the molecule is C1=CN2Cc3cccc(n3)CN3C=CN(Cc4cncc(c4)CN1C2)C3. The smallest absolute Gasteiger partial charge is 0.0901 e. The average molecular weight is 346 g/mol. The first kappa shape index (κ1) is 15.3. The fourth-order valence-corrected chi connectivity index (χ4v) is 3.75. The Morgan fingerprint density at radius 2 is 1.15 bits per heavy atom. The number of aromatic nitrogens is 2. The van der Waals surface area contributed by atoms with Crippen LogP contribution in [0.15, 0.2) is 61.5 Å². The van der Waals surface area contributed by atoms with Crippen molar-refractivity contribution >= 4 is 0 Å². The zero-order valence-electron chi connectivity index (χ0n) is 14.7. The Labute approximate surface area is 153 Å². The first-order chi connectivity index (χ1) is 12.8. The molecule has 0 fully saturated rings. The highest BCUT2D eigenvalue weighted by Gasteiger charge is 2.17. The first-order valence-corrected chi connectivity index (χ1v) is 9.01. The quantitative estimate of drug-likeness (QED) is 0.729. The Hall–Kier alpha value is -3.02. The molecule has 0 aromatic carbocycles. The number of hydrogen-bond acceptors (Lipinski definition) is 6. The summed E-state index contributed by atoms with van der Waals surface area (Å²) >= 11 is 0. The van der Waals surface area contributed by atoms with Gasteiger partial charge in [-0.25, -0.2) is 0 Å². The average Bonchev–Trinajstić information content (AvgIpc) is 3.24. The summed E-state index contributed by atoms with van der Waals surface area (Å²) in [4.78, 5) is 18.5. The van der Waals surface area contributed by atoms with Crippen molar-refractivity contribution in [3.63, 3.8) is 0 Å². The Morgan fingerprint density at radius 1 is 0.654 bits per heavy atom. The van der Waals surface area contributed by atoms with Gasteiger partial charge in [0.25, 0.3) is 0 Å². The van der Waals surface area contributed by atoms with Gasteiger partial charge in [0.2, 0.25) is 0 Å². The van der Waals surface area contributed by atoms with Crippen LogP contribution in [0.1, 0.15) is 22.5 Å². The van der Waals surface area contributed by atoms with Crippen molar-refractivity contribution in [1.82, 2.24) is 29.6 Å². The molecule has 6 nitrogen and oxygen atoms in total. The number of pyridine rings is 2. The van der Waals surface area contributed by atoms with Gasteiger partial charge in [0.1, 0.15) is 0 Å². The number of rotatable bonds is 0. The third-order valence-electron chi connectivity index (χ3n) is 4.92. The molecule has 5 rings (SSSR count). The second-order valence-corrected chi connectivity index (χ2v) is 7.19. The summed E-state index contributed by atoms with van der Waals surface area (Å²) in [5.74, 6) is 0. The first-order valence-electron chi connectivity index (χ1n) is 9.01. The summed E-state index contributed by atoms with van der Waals surface area (Å²) in [7, 11) is 0. The maximum absolute atomic E-state index is 4.86. The molecule has 26 heavy (non-hydrogen) atoms. The van der Waals surface area contributed by atoms with Crippen LogP contribution >= 0.6 is 0 Å². The van der Waals surface area contributed by atoms with E-state index in [1.54, 1.807) is 0 Å². The Kier molecular flexibility index (Phi) is 3.74. The molecular weight excluding hydrogens is 324 g/mol. The lowest BCUT2D eigenvalue weighted by Gasteiger charge is -2.24. The molecule has 0 atom stereocenters. The number of fused-ring (bicyclic) bond motifs is 8. The van der Waals surface area contributed by atoms with Crippen molar-refractivity contribution in [2.75, 3.05) is 13.3 Å². The minimum Gasteiger partial charge on any atom is -0.354 e. The van der Waals surface area contributed by atoms with E-state index in [2.05, 4.69) is 73.6 Å². The molecule has 2 aromatic rings. The van der Waals surface area contributed by atoms with Crippen LogP contribution in [0, 0.1) is 0 Å². The van der Waals surface area contributed by atoms with Crippen LogP contribution < -0.4 is 0 Å². The van der Waals surface area contributed by atoms with Crippen LogP contribution in [0.5, 0.6) is 0 Å². The van der Waals surface area contributed by atoms with Gasteiger partial charge >= 0.3 is 0 Å². The Morgan fingerprint density at radius 3 is 1.69 bits per heavy atom. The van der Waals surface area contributed by atoms with Gasteiger partial charge in [0, 0.05) is 50.3 Å². The van der Waals surface area contributed by atoms with Crippen molar-refractivity contribution in [3.8, 4) is 0 Å². The fraction of sp³-hybridized carbons (Fsp3) is 0.300. The van der Waals surface area contributed by atoms with Crippen LogP contribution in [0.2, 0.25) is 0 Å². The van der Waals surface area contributed by atoms with E-state index in [4.69, 9.17) is 4.98 Å². The normalized spacial score (nSPS) is 18.8. The van der Waals surface area contributed by atoms with E-state index in [0.29, 0.717) is 0 Å². The summed E-state index contributed by atoms with van der Waals surface area (Å²) in [6.45, 7) is 5.20. The highest BCUT2D eigenvalue weighted by molar-refractivity contribution is 5.20. The summed E-state index contributed by atoms with van der Waals surface area (Å²) in [6.07, 6.45) is 12.6. The molecule has 8 bridgehead atoms. The fourth-order valence-electron chi connectivity index (χ4n) is 3.75. The van der Waals surface area contributed by atoms with E-state index in [1.165, 1.54) is 11.1 Å². The van der Waals surface area contributed by atoms with E-state index < -0.39 is 0 Å². The predicted molar refractivity (Wildman–Crippen MR) is 98.7 cm³/mol. The molecule has 0 radical (unpaired) electrons. The third-order valence-corrected chi connectivity index (χ3v) is 4.92. The van der Waals surface area contributed by atoms with Gasteiger partial charge in [0.05, 0.1) is 37.8 Å². The zero-order chi connectivity index (χ0) is 17.3. The lowest BCUT2D eigenvalue weighted by Crippen LogP contribution is -2.27. The second kappa shape index (κ2) is 6.37. The predicted octanol–water partition coefficient (Wildman–Crippen LogP) is 2.28. The Balaban J connectivity index is 1.44. The molecule has 0 N–H and O–H groups in total. The maximum atomic E-state index is 4.86. The molecule has 2 aromatic heterocycles.